The largest absolute Gasteiger partial charge is 0.378 e. The van der Waals surface area contributed by atoms with E-state index in [0.717, 1.165) is 22.4 Å². The van der Waals surface area contributed by atoms with Crippen LogP contribution in [0.5, 0.6) is 0 Å². The molecule has 2 saturated heterocycles. The predicted octanol–water partition coefficient (Wildman–Crippen LogP) is 3.08. The number of nitrogens with one attached hydrogen (secondary N) is 1. The fourth-order valence-electron chi connectivity index (χ4n) is 4.32. The fraction of sp³-hybridized carbons (Fsp3) is 0.400. The molecule has 4 rings (SSSR count). The van der Waals surface area contributed by atoms with E-state index in [9.17, 15) is 14.4 Å². The van der Waals surface area contributed by atoms with Gasteiger partial charge in [-0.2, -0.15) is 0 Å². The summed E-state index contributed by atoms with van der Waals surface area (Å²) in [6.45, 7) is 8.39. The number of amides is 3. The molecule has 168 valence electrons. The molecule has 0 radical (unpaired) electrons. The van der Waals surface area contributed by atoms with Crippen LogP contribution < -0.4 is 10.2 Å². The van der Waals surface area contributed by atoms with E-state index in [4.69, 9.17) is 4.74 Å². The summed E-state index contributed by atoms with van der Waals surface area (Å²) < 4.78 is 5.33. The van der Waals surface area contributed by atoms with E-state index in [1.54, 1.807) is 28.0 Å². The third-order valence-corrected chi connectivity index (χ3v) is 6.48. The highest BCUT2D eigenvalue weighted by molar-refractivity contribution is 6.05. The van der Waals surface area contributed by atoms with Crippen LogP contribution in [0.4, 0.5) is 11.4 Å². The number of hydrogen-bond donors (Lipinski definition) is 1. The van der Waals surface area contributed by atoms with E-state index in [-0.39, 0.29) is 24.1 Å². The van der Waals surface area contributed by atoms with E-state index in [1.165, 1.54) is 0 Å². The highest BCUT2D eigenvalue weighted by Crippen LogP contribution is 2.30. The standard InChI is InChI=1S/C25H29N3O4/c1-16-6-4-9-22(17(16)2)28-15-19(14-23(28)29)24(30)26-21-8-5-7-20(18(21)3)25(31)27-10-12-32-13-11-27/h4-9,19H,10-15H2,1-3H3,(H,26,30). The lowest BCUT2D eigenvalue weighted by atomic mass is 10.0. The first kappa shape index (κ1) is 22.0. The number of ether oxygens (including phenoxy) is 1. The number of carbonyl (C=O) groups excluding carboxylic acids is 3. The average Bonchev–Trinajstić information content (AvgIpc) is 3.19. The van der Waals surface area contributed by atoms with Crippen LogP contribution in [-0.2, 0) is 14.3 Å². The zero-order valence-corrected chi connectivity index (χ0v) is 18.8. The molecule has 2 aliphatic heterocycles. The van der Waals surface area contributed by atoms with Gasteiger partial charge in [-0.3, -0.25) is 14.4 Å². The first-order valence-electron chi connectivity index (χ1n) is 11.0. The summed E-state index contributed by atoms with van der Waals surface area (Å²) in [6.07, 6.45) is 0.171. The van der Waals surface area contributed by atoms with Gasteiger partial charge in [0.15, 0.2) is 0 Å². The van der Waals surface area contributed by atoms with Gasteiger partial charge in [0.1, 0.15) is 0 Å². The van der Waals surface area contributed by atoms with Crippen molar-refractivity contribution in [3.8, 4) is 0 Å². The number of nitrogens with zero attached hydrogens (tertiary/aromatic N) is 2. The number of rotatable bonds is 4. The fourth-order valence-corrected chi connectivity index (χ4v) is 4.32. The molecule has 2 aromatic carbocycles. The molecule has 1 unspecified atom stereocenters. The topological polar surface area (TPSA) is 79.0 Å². The Kier molecular flexibility index (Phi) is 6.28. The number of benzene rings is 2. The zero-order valence-electron chi connectivity index (χ0n) is 18.8. The maximum atomic E-state index is 13.0. The molecule has 2 heterocycles. The minimum absolute atomic E-state index is 0.0492. The van der Waals surface area contributed by atoms with Gasteiger partial charge < -0.3 is 19.9 Å². The van der Waals surface area contributed by atoms with Crippen LogP contribution in [0.1, 0.15) is 33.5 Å². The maximum absolute atomic E-state index is 13.0. The number of hydrogen-bond acceptors (Lipinski definition) is 4. The Morgan fingerprint density at radius 1 is 1.00 bits per heavy atom. The smallest absolute Gasteiger partial charge is 0.254 e. The second-order valence-corrected chi connectivity index (χ2v) is 8.50. The highest BCUT2D eigenvalue weighted by atomic mass is 16.5. The predicted molar refractivity (Wildman–Crippen MR) is 123 cm³/mol. The Labute approximate surface area is 188 Å². The van der Waals surface area contributed by atoms with Crippen molar-refractivity contribution in [2.45, 2.75) is 27.2 Å². The van der Waals surface area contributed by atoms with Gasteiger partial charge in [0.2, 0.25) is 11.8 Å². The molecule has 2 aliphatic rings. The van der Waals surface area contributed by atoms with Crippen molar-refractivity contribution in [3.63, 3.8) is 0 Å². The summed E-state index contributed by atoms with van der Waals surface area (Å²) >= 11 is 0. The van der Waals surface area contributed by atoms with Gasteiger partial charge in [-0.15, -0.1) is 0 Å². The Hall–Kier alpha value is -3.19. The minimum Gasteiger partial charge on any atom is -0.378 e. The number of anilines is 2. The molecule has 1 atom stereocenters. The quantitative estimate of drug-likeness (QED) is 0.801. The van der Waals surface area contributed by atoms with Crippen LogP contribution in [0.3, 0.4) is 0 Å². The third-order valence-electron chi connectivity index (χ3n) is 6.48. The van der Waals surface area contributed by atoms with Gasteiger partial charge in [0, 0.05) is 43.0 Å². The highest BCUT2D eigenvalue weighted by Gasteiger charge is 2.36. The van der Waals surface area contributed by atoms with Crippen LogP contribution in [0, 0.1) is 26.7 Å². The van der Waals surface area contributed by atoms with Crippen LogP contribution in [-0.4, -0.2) is 55.5 Å². The number of carbonyl (C=O) groups is 3. The number of morpholine rings is 1. The second-order valence-electron chi connectivity index (χ2n) is 8.50. The van der Waals surface area contributed by atoms with Gasteiger partial charge in [0.05, 0.1) is 19.1 Å². The van der Waals surface area contributed by atoms with Crippen molar-refractivity contribution >= 4 is 29.1 Å². The van der Waals surface area contributed by atoms with E-state index in [0.29, 0.717) is 44.1 Å². The van der Waals surface area contributed by atoms with Crippen LogP contribution in [0.2, 0.25) is 0 Å². The number of aryl methyl sites for hydroxylation is 1. The molecule has 3 amide bonds. The molecule has 0 spiro atoms. The van der Waals surface area contributed by atoms with Crippen LogP contribution in [0.15, 0.2) is 36.4 Å². The molecule has 2 aromatic rings. The summed E-state index contributed by atoms with van der Waals surface area (Å²) in [6, 6.07) is 11.2. The molecule has 2 fully saturated rings. The van der Waals surface area contributed by atoms with Gasteiger partial charge in [-0.1, -0.05) is 18.2 Å². The summed E-state index contributed by atoms with van der Waals surface area (Å²) in [5.41, 5.74) is 4.93. The Balaban J connectivity index is 1.48. The van der Waals surface area contributed by atoms with E-state index in [1.807, 2.05) is 39.0 Å². The Morgan fingerprint density at radius 2 is 1.72 bits per heavy atom. The minimum atomic E-state index is -0.444. The van der Waals surface area contributed by atoms with Crippen molar-refractivity contribution in [3.05, 3.63) is 58.7 Å². The molecule has 7 heteroatoms. The van der Waals surface area contributed by atoms with E-state index >= 15 is 0 Å². The first-order chi connectivity index (χ1) is 15.4. The molecule has 0 aromatic heterocycles. The van der Waals surface area contributed by atoms with Gasteiger partial charge in [-0.25, -0.2) is 0 Å². The van der Waals surface area contributed by atoms with Crippen molar-refractivity contribution in [1.29, 1.82) is 0 Å². The SMILES string of the molecule is Cc1cccc(N2CC(C(=O)Nc3cccc(C(=O)N4CCOCC4)c3C)CC2=O)c1C. The molecule has 0 saturated carbocycles. The summed E-state index contributed by atoms with van der Waals surface area (Å²) in [7, 11) is 0. The van der Waals surface area contributed by atoms with Crippen molar-refractivity contribution in [2.75, 3.05) is 43.1 Å². The van der Waals surface area contributed by atoms with Crippen molar-refractivity contribution < 1.29 is 19.1 Å². The van der Waals surface area contributed by atoms with E-state index in [2.05, 4.69) is 5.32 Å². The molecule has 0 aliphatic carbocycles. The summed E-state index contributed by atoms with van der Waals surface area (Å²) in [5, 5.41) is 2.96. The zero-order chi connectivity index (χ0) is 22.8. The van der Waals surface area contributed by atoms with Gasteiger partial charge in [0.25, 0.3) is 5.91 Å². The summed E-state index contributed by atoms with van der Waals surface area (Å²) in [4.78, 5) is 42.1. The monoisotopic (exact) mass is 435 g/mol. The summed E-state index contributed by atoms with van der Waals surface area (Å²) in [5.74, 6) is -0.753. The van der Waals surface area contributed by atoms with Crippen molar-refractivity contribution in [2.24, 2.45) is 5.92 Å². The molecular formula is C25H29N3O4. The lowest BCUT2D eigenvalue weighted by Gasteiger charge is -2.27. The van der Waals surface area contributed by atoms with Crippen LogP contribution in [0.25, 0.3) is 0 Å². The molecule has 32 heavy (non-hydrogen) atoms. The molecule has 7 nitrogen and oxygen atoms in total. The third kappa shape index (κ3) is 4.25. The van der Waals surface area contributed by atoms with Crippen molar-refractivity contribution in [1.82, 2.24) is 4.90 Å². The van der Waals surface area contributed by atoms with E-state index < -0.39 is 5.92 Å². The first-order valence-corrected chi connectivity index (χ1v) is 11.0. The Morgan fingerprint density at radius 3 is 2.47 bits per heavy atom. The maximum Gasteiger partial charge on any atom is 0.254 e. The molecular weight excluding hydrogens is 406 g/mol. The van der Waals surface area contributed by atoms with Crippen LogP contribution >= 0.6 is 0 Å². The van der Waals surface area contributed by atoms with Gasteiger partial charge >= 0.3 is 0 Å². The van der Waals surface area contributed by atoms with Gasteiger partial charge in [-0.05, 0) is 55.7 Å². The molecule has 0 bridgehead atoms. The normalized spacial score (nSPS) is 18.7. The lowest BCUT2D eigenvalue weighted by Crippen LogP contribution is -2.41. The average molecular weight is 436 g/mol. The Bertz CT molecular complexity index is 1060. The molecule has 1 N–H and O–H groups in total. The lowest BCUT2D eigenvalue weighted by molar-refractivity contribution is -0.122. The second kappa shape index (κ2) is 9.12.